The van der Waals surface area contributed by atoms with Crippen molar-refractivity contribution in [3.05, 3.63) is 0 Å². The molecule has 1 rings (SSSR count). The fraction of sp³-hybridized carbons (Fsp3) is 0.970. The van der Waals surface area contributed by atoms with Gasteiger partial charge in [-0.05, 0) is 155 Å². The Kier molecular flexibility index (Phi) is 80.4. The maximum atomic E-state index is 14.5. The summed E-state index contributed by atoms with van der Waals surface area (Å²) in [5.41, 5.74) is 5.72. The van der Waals surface area contributed by atoms with Crippen LogP contribution in [-0.4, -0.2) is 104 Å². The van der Waals surface area contributed by atoms with Gasteiger partial charge in [-0.15, -0.1) is 0 Å². The Balaban J connectivity index is 3.03. The average Bonchev–Trinajstić information content (AvgIpc) is 0.784. The van der Waals surface area contributed by atoms with E-state index in [4.69, 9.17) is 5.73 Å². The van der Waals surface area contributed by atoms with Gasteiger partial charge in [0.1, 0.15) is 0 Å². The molecule has 9 heteroatoms. The molecule has 1 fully saturated rings. The van der Waals surface area contributed by atoms with Gasteiger partial charge in [0.25, 0.3) is 0 Å². The predicted octanol–water partition coefficient (Wildman–Crippen LogP) is 29.6. The molecule has 0 radical (unpaired) electrons. The monoisotopic (exact) mass is 1520 g/mol. The second kappa shape index (κ2) is 83.2. The summed E-state index contributed by atoms with van der Waals surface area (Å²) in [4.78, 5) is 51.4. The highest BCUT2D eigenvalue weighted by atomic mass is 16.2. The minimum atomic E-state index is -0.847. The van der Waals surface area contributed by atoms with Gasteiger partial charge in [-0.3, -0.25) is 14.4 Å². The lowest BCUT2D eigenvalue weighted by Gasteiger charge is -2.41. The molecule has 0 bridgehead atoms. The highest BCUT2D eigenvalue weighted by Gasteiger charge is 2.48. The summed E-state index contributed by atoms with van der Waals surface area (Å²) < 4.78 is 0. The molecule has 108 heavy (non-hydrogen) atoms. The lowest BCUT2D eigenvalue weighted by Crippen LogP contribution is -2.50. The third kappa shape index (κ3) is 67.6. The van der Waals surface area contributed by atoms with Crippen molar-refractivity contribution in [2.24, 2.45) is 23.0 Å². The fourth-order valence-electron chi connectivity index (χ4n) is 17.9. The Hall–Kier alpha value is -1.71. The molecular formula is C99H198N6O3. The number of primary amides is 1. The summed E-state index contributed by atoms with van der Waals surface area (Å²) >= 11 is 0. The number of hydrogen-bond acceptors (Lipinski definition) is 6. The quantitative estimate of drug-likeness (QED) is 0.0523. The molecule has 0 saturated heterocycles. The van der Waals surface area contributed by atoms with Crippen molar-refractivity contribution in [3.63, 3.8) is 0 Å². The first-order chi connectivity index (χ1) is 53.2. The number of nitrogens with zero attached hydrogens (tertiary/aromatic N) is 3. The minimum Gasteiger partial charge on any atom is -0.369 e. The number of rotatable bonds is 90. The molecule has 0 spiro atoms. The van der Waals surface area contributed by atoms with E-state index < -0.39 is 5.41 Å². The van der Waals surface area contributed by atoms with E-state index in [1.165, 1.54) is 470 Å². The highest BCUT2D eigenvalue weighted by Crippen LogP contribution is 2.46. The lowest BCUT2D eigenvalue weighted by molar-refractivity contribution is -0.140. The molecular weight excluding hydrogens is 1320 g/mol. The molecule has 2 unspecified atom stereocenters. The first-order valence-electron chi connectivity index (χ1n) is 50.2. The maximum Gasteiger partial charge on any atom is 0.223 e. The molecule has 0 aromatic carbocycles. The number of carbonyl (C=O) groups excluding carboxylic acids is 3. The maximum absolute atomic E-state index is 14.5. The van der Waals surface area contributed by atoms with Crippen LogP contribution in [0.1, 0.15) is 530 Å². The van der Waals surface area contributed by atoms with E-state index in [1.54, 1.807) is 0 Å². The van der Waals surface area contributed by atoms with Crippen molar-refractivity contribution in [2.75, 3.05) is 72.0 Å². The molecule has 0 heterocycles. The predicted molar refractivity (Wildman–Crippen MR) is 479 cm³/mol. The summed E-state index contributed by atoms with van der Waals surface area (Å²) in [6, 6.07) is 0. The van der Waals surface area contributed by atoms with Crippen LogP contribution in [-0.2, 0) is 14.4 Å². The number of carbonyl (C=O) groups is 3. The Bertz CT molecular complexity index is 1670. The second-order valence-corrected chi connectivity index (χ2v) is 35.9. The van der Waals surface area contributed by atoms with Gasteiger partial charge >= 0.3 is 0 Å². The number of amides is 3. The van der Waals surface area contributed by atoms with Crippen LogP contribution in [0.2, 0.25) is 0 Å². The molecule has 9 nitrogen and oxygen atoms in total. The third-order valence-corrected chi connectivity index (χ3v) is 25.4. The zero-order valence-electron chi connectivity index (χ0n) is 74.8. The van der Waals surface area contributed by atoms with Gasteiger partial charge in [-0.1, -0.05) is 433 Å². The summed E-state index contributed by atoms with van der Waals surface area (Å²) in [6.45, 7) is 26.1. The van der Waals surface area contributed by atoms with Gasteiger partial charge in [-0.2, -0.15) is 0 Å². The first-order valence-corrected chi connectivity index (χ1v) is 50.2. The molecule has 1 saturated carbocycles. The van der Waals surface area contributed by atoms with Gasteiger partial charge in [0, 0.05) is 24.9 Å². The molecule has 0 aromatic rings. The second-order valence-electron chi connectivity index (χ2n) is 35.9. The highest BCUT2D eigenvalue weighted by molar-refractivity contribution is 5.87. The smallest absolute Gasteiger partial charge is 0.223 e. The summed E-state index contributed by atoms with van der Waals surface area (Å²) in [5.74, 6) is -1.03. The molecule has 4 N–H and O–H groups in total. The Morgan fingerprint density at radius 3 is 0.574 bits per heavy atom. The molecule has 642 valence electrons. The minimum absolute atomic E-state index is 0.0255. The van der Waals surface area contributed by atoms with Crippen molar-refractivity contribution in [3.8, 4) is 0 Å². The van der Waals surface area contributed by atoms with Gasteiger partial charge in [0.05, 0.1) is 5.41 Å². The summed E-state index contributed by atoms with van der Waals surface area (Å²) in [6.07, 6.45) is 98.5. The SMILES string of the molecule is CCCCCCCCCCCCN(CCCCCCCCCCCC)CCCCCCNC(=O)C1CC(C(=O)NCCCCCCN(CCCCCCCCCCCC)CCCCCCCCCCCC)CC(CCCCCCN(CCCCCCCCCCCC)CCCCCCCCCCCC)(C(N)=O)C1. The van der Waals surface area contributed by atoms with E-state index in [0.29, 0.717) is 38.8 Å². The molecule has 1 aliphatic rings. The molecule has 0 aliphatic heterocycles. The molecule has 1 aliphatic carbocycles. The summed E-state index contributed by atoms with van der Waals surface area (Å²) in [7, 11) is 0. The van der Waals surface area contributed by atoms with Gasteiger partial charge in [0.2, 0.25) is 17.7 Å². The van der Waals surface area contributed by atoms with Crippen molar-refractivity contribution in [1.29, 1.82) is 0 Å². The zero-order valence-corrected chi connectivity index (χ0v) is 74.8. The van der Waals surface area contributed by atoms with Crippen LogP contribution >= 0.6 is 0 Å². The number of nitrogens with one attached hydrogen (secondary N) is 2. The molecule has 2 atom stereocenters. The first kappa shape index (κ1) is 104. The van der Waals surface area contributed by atoms with Crippen LogP contribution in [0.4, 0.5) is 0 Å². The fourth-order valence-corrected chi connectivity index (χ4v) is 17.9. The van der Waals surface area contributed by atoms with Crippen molar-refractivity contribution < 1.29 is 14.4 Å². The zero-order chi connectivity index (χ0) is 78.1. The van der Waals surface area contributed by atoms with Crippen molar-refractivity contribution in [2.45, 2.75) is 530 Å². The normalized spacial score (nSPS) is 15.4. The van der Waals surface area contributed by atoms with E-state index in [1.807, 2.05) is 0 Å². The van der Waals surface area contributed by atoms with Crippen LogP contribution in [0.15, 0.2) is 0 Å². The van der Waals surface area contributed by atoms with E-state index >= 15 is 0 Å². The standard InChI is InChI=1S/C99H198N6O3/c1-7-13-19-25-31-37-43-49-58-70-82-103(83-71-59-50-44-38-32-26-20-14-8-2)88-76-64-55-67-79-99(98(100)108)92-94(96(106)101-80-68-56-65-77-89-104(84-72-60-51-45-39-33-27-21-15-9-3)85-73-61-52-46-40-34-28-22-16-10-4)91-95(93-99)97(107)102-81-69-57-66-78-90-105(86-74-62-53-47-41-35-29-23-17-11-5)87-75-63-54-48-42-36-30-24-18-12-6/h94-95H,7-93H2,1-6H3,(H2,100,108)(H,101,106)(H,102,107). The number of nitrogens with two attached hydrogens (primary N) is 1. The lowest BCUT2D eigenvalue weighted by atomic mass is 9.62. The van der Waals surface area contributed by atoms with E-state index in [-0.39, 0.29) is 29.6 Å². The van der Waals surface area contributed by atoms with Crippen LogP contribution in [0.25, 0.3) is 0 Å². The average molecular weight is 1520 g/mol. The molecule has 0 aromatic heterocycles. The van der Waals surface area contributed by atoms with Crippen molar-refractivity contribution in [1.82, 2.24) is 25.3 Å². The van der Waals surface area contributed by atoms with Gasteiger partial charge in [0.15, 0.2) is 0 Å². The van der Waals surface area contributed by atoms with E-state index in [0.717, 1.165) is 51.5 Å². The Morgan fingerprint density at radius 1 is 0.241 bits per heavy atom. The molecule has 3 amide bonds. The third-order valence-electron chi connectivity index (χ3n) is 25.4. The summed E-state index contributed by atoms with van der Waals surface area (Å²) in [5, 5.41) is 6.74. The van der Waals surface area contributed by atoms with E-state index in [9.17, 15) is 14.4 Å². The van der Waals surface area contributed by atoms with Crippen LogP contribution in [0.5, 0.6) is 0 Å². The number of hydrogen-bond donors (Lipinski definition) is 3. The van der Waals surface area contributed by atoms with Crippen LogP contribution in [0, 0.1) is 17.3 Å². The van der Waals surface area contributed by atoms with Crippen LogP contribution in [0.3, 0.4) is 0 Å². The Morgan fingerprint density at radius 2 is 0.398 bits per heavy atom. The van der Waals surface area contributed by atoms with Crippen LogP contribution < -0.4 is 16.4 Å². The largest absolute Gasteiger partial charge is 0.369 e. The Labute approximate surface area is 678 Å². The topological polar surface area (TPSA) is 111 Å². The number of unbranched alkanes of at least 4 members (excludes halogenated alkanes) is 63. The van der Waals surface area contributed by atoms with Gasteiger partial charge < -0.3 is 31.1 Å². The van der Waals surface area contributed by atoms with Crippen molar-refractivity contribution >= 4 is 17.7 Å². The van der Waals surface area contributed by atoms with Gasteiger partial charge in [-0.25, -0.2) is 0 Å². The van der Waals surface area contributed by atoms with E-state index in [2.05, 4.69) is 66.9 Å².